The topological polar surface area (TPSA) is 95.7 Å². The Morgan fingerprint density at radius 3 is 2.21 bits per heavy atom. The van der Waals surface area contributed by atoms with Gasteiger partial charge in [-0.15, -0.1) is 0 Å². The molecule has 0 aromatic rings. The molecule has 0 saturated carbocycles. The van der Waals surface area contributed by atoms with Gasteiger partial charge in [0.15, 0.2) is 0 Å². The predicted octanol–water partition coefficient (Wildman–Crippen LogP) is -0.888. The van der Waals surface area contributed by atoms with E-state index in [9.17, 15) is 13.2 Å². The van der Waals surface area contributed by atoms with Gasteiger partial charge in [0.1, 0.15) is 0 Å². The van der Waals surface area contributed by atoms with Crippen LogP contribution >= 0.6 is 0 Å². The number of nitrogens with one attached hydrogen (secondary N) is 1. The largest absolute Gasteiger partial charge is 0.350 e. The fourth-order valence-corrected chi connectivity index (χ4v) is 2.52. The predicted molar refractivity (Wildman–Crippen MR) is 73.6 cm³/mol. The molecule has 7 nitrogen and oxygen atoms in total. The molecule has 8 heteroatoms. The average molecular weight is 292 g/mol. The zero-order valence-electron chi connectivity index (χ0n) is 11.8. The number of carbonyl (C=O) groups is 1. The van der Waals surface area contributed by atoms with Crippen molar-refractivity contribution < 1.29 is 13.2 Å². The normalized spacial score (nSPS) is 19.4. The minimum Gasteiger partial charge on any atom is -0.350 e. The zero-order valence-corrected chi connectivity index (χ0v) is 12.7. The summed E-state index contributed by atoms with van der Waals surface area (Å²) in [7, 11) is -3.60. The Morgan fingerprint density at radius 2 is 1.79 bits per heavy atom. The highest BCUT2D eigenvalue weighted by Gasteiger charge is 2.26. The second kappa shape index (κ2) is 6.17. The van der Waals surface area contributed by atoms with Gasteiger partial charge in [0.2, 0.25) is 5.91 Å². The first-order valence-corrected chi connectivity index (χ1v) is 7.95. The molecule has 0 unspecified atom stereocenters. The van der Waals surface area contributed by atoms with E-state index in [0.29, 0.717) is 32.7 Å². The first-order valence-electron chi connectivity index (χ1n) is 6.45. The van der Waals surface area contributed by atoms with Gasteiger partial charge in [-0.05, 0) is 20.3 Å². The van der Waals surface area contributed by atoms with E-state index in [-0.39, 0.29) is 11.4 Å². The van der Waals surface area contributed by atoms with Crippen LogP contribution in [0.2, 0.25) is 0 Å². The molecule has 112 valence electrons. The third-order valence-electron chi connectivity index (χ3n) is 3.42. The highest BCUT2D eigenvalue weighted by Crippen LogP contribution is 2.08. The van der Waals surface area contributed by atoms with Crippen LogP contribution in [0.4, 0.5) is 0 Å². The van der Waals surface area contributed by atoms with Crippen LogP contribution in [0, 0.1) is 0 Å². The maximum Gasteiger partial charge on any atom is 0.276 e. The molecule has 0 aromatic heterocycles. The van der Waals surface area contributed by atoms with Gasteiger partial charge in [0, 0.05) is 31.7 Å². The van der Waals surface area contributed by atoms with E-state index < -0.39 is 10.2 Å². The molecule has 1 heterocycles. The van der Waals surface area contributed by atoms with Crippen molar-refractivity contribution in [3.05, 3.63) is 0 Å². The fraction of sp³-hybridized carbons (Fsp3) is 0.909. The lowest BCUT2D eigenvalue weighted by molar-refractivity contribution is -0.124. The molecule has 1 fully saturated rings. The van der Waals surface area contributed by atoms with Crippen LogP contribution in [-0.4, -0.2) is 61.8 Å². The summed E-state index contributed by atoms with van der Waals surface area (Å²) in [6.07, 6.45) is 0.859. The molecule has 1 saturated heterocycles. The number of hydrogen-bond acceptors (Lipinski definition) is 4. The highest BCUT2D eigenvalue weighted by atomic mass is 32.2. The summed E-state index contributed by atoms with van der Waals surface area (Å²) in [6.45, 7) is 7.99. The standard InChI is InChI=1S/C11H24N4O3S/c1-4-11(2,3)13-10(16)9-14-5-7-15(8-6-14)19(12,17)18/h4-9H2,1-3H3,(H,13,16)(H2,12,17,18). The fourth-order valence-electron chi connectivity index (χ4n) is 1.85. The Morgan fingerprint density at radius 1 is 1.26 bits per heavy atom. The Kier molecular flexibility index (Phi) is 5.31. The molecule has 0 bridgehead atoms. The molecule has 1 aliphatic rings. The summed E-state index contributed by atoms with van der Waals surface area (Å²) >= 11 is 0. The second-order valence-electron chi connectivity index (χ2n) is 5.51. The van der Waals surface area contributed by atoms with Gasteiger partial charge in [-0.25, -0.2) is 5.14 Å². The summed E-state index contributed by atoms with van der Waals surface area (Å²) in [5.74, 6) is -0.0316. The molecule has 0 atom stereocenters. The van der Waals surface area contributed by atoms with Crippen molar-refractivity contribution in [2.75, 3.05) is 32.7 Å². The van der Waals surface area contributed by atoms with E-state index in [1.807, 2.05) is 25.7 Å². The third-order valence-corrected chi connectivity index (χ3v) is 4.50. The maximum atomic E-state index is 11.9. The van der Waals surface area contributed by atoms with Gasteiger partial charge >= 0.3 is 0 Å². The number of hydrogen-bond donors (Lipinski definition) is 2. The van der Waals surface area contributed by atoms with E-state index in [2.05, 4.69) is 5.32 Å². The molecule has 19 heavy (non-hydrogen) atoms. The molecule has 0 aromatic carbocycles. The van der Waals surface area contributed by atoms with E-state index in [4.69, 9.17) is 5.14 Å². The maximum absolute atomic E-state index is 11.9. The average Bonchev–Trinajstić information content (AvgIpc) is 2.27. The SMILES string of the molecule is CCC(C)(C)NC(=O)CN1CCN(S(N)(=O)=O)CC1. The van der Waals surface area contributed by atoms with Gasteiger partial charge in [0.05, 0.1) is 6.54 Å². The van der Waals surface area contributed by atoms with Crippen molar-refractivity contribution >= 4 is 16.1 Å². The Balaban J connectivity index is 2.39. The monoisotopic (exact) mass is 292 g/mol. The van der Waals surface area contributed by atoms with Crippen LogP contribution in [0.5, 0.6) is 0 Å². The van der Waals surface area contributed by atoms with Crippen LogP contribution in [0.3, 0.4) is 0 Å². The number of amides is 1. The number of carbonyl (C=O) groups excluding carboxylic acids is 1. The van der Waals surface area contributed by atoms with Crippen molar-refractivity contribution in [1.82, 2.24) is 14.5 Å². The summed E-state index contributed by atoms with van der Waals surface area (Å²) in [4.78, 5) is 13.8. The van der Waals surface area contributed by atoms with Crippen LogP contribution in [0.1, 0.15) is 27.2 Å². The molecule has 1 amide bonds. The quantitative estimate of drug-likeness (QED) is 0.687. The van der Waals surface area contributed by atoms with E-state index in [0.717, 1.165) is 6.42 Å². The molecule has 0 radical (unpaired) electrons. The number of nitrogens with two attached hydrogens (primary N) is 1. The molecule has 3 N–H and O–H groups in total. The minimum absolute atomic E-state index is 0.0316. The molecular weight excluding hydrogens is 268 g/mol. The number of rotatable bonds is 5. The summed E-state index contributed by atoms with van der Waals surface area (Å²) < 4.78 is 23.5. The van der Waals surface area contributed by atoms with Crippen LogP contribution in [0.25, 0.3) is 0 Å². The number of piperazine rings is 1. The lowest BCUT2D eigenvalue weighted by atomic mass is 10.0. The highest BCUT2D eigenvalue weighted by molar-refractivity contribution is 7.86. The van der Waals surface area contributed by atoms with Crippen molar-refractivity contribution in [3.63, 3.8) is 0 Å². The number of nitrogens with zero attached hydrogens (tertiary/aromatic N) is 2. The van der Waals surface area contributed by atoms with E-state index in [1.165, 1.54) is 4.31 Å². The Labute approximate surface area is 115 Å². The van der Waals surface area contributed by atoms with Gasteiger partial charge in [-0.1, -0.05) is 6.92 Å². The van der Waals surface area contributed by atoms with Gasteiger partial charge in [-0.3, -0.25) is 9.69 Å². The van der Waals surface area contributed by atoms with Crippen molar-refractivity contribution in [2.24, 2.45) is 5.14 Å². The molecule has 1 rings (SSSR count). The van der Waals surface area contributed by atoms with Gasteiger partial charge in [0.25, 0.3) is 10.2 Å². The smallest absolute Gasteiger partial charge is 0.276 e. The van der Waals surface area contributed by atoms with Crippen LogP contribution < -0.4 is 10.5 Å². The summed E-state index contributed by atoms with van der Waals surface area (Å²) in [5.41, 5.74) is -0.209. The van der Waals surface area contributed by atoms with Crippen molar-refractivity contribution in [2.45, 2.75) is 32.7 Å². The summed E-state index contributed by atoms with van der Waals surface area (Å²) in [5, 5.41) is 8.02. The van der Waals surface area contributed by atoms with E-state index >= 15 is 0 Å². The minimum atomic E-state index is -3.60. The lowest BCUT2D eigenvalue weighted by Crippen LogP contribution is -2.54. The molecular formula is C11H24N4O3S. The van der Waals surface area contributed by atoms with Crippen molar-refractivity contribution in [1.29, 1.82) is 0 Å². The van der Waals surface area contributed by atoms with Crippen molar-refractivity contribution in [3.8, 4) is 0 Å². The lowest BCUT2D eigenvalue weighted by Gasteiger charge is -2.33. The molecule has 0 aliphatic carbocycles. The Bertz CT molecular complexity index is 414. The first kappa shape index (κ1) is 16.4. The third kappa shape index (κ3) is 5.43. The zero-order chi connectivity index (χ0) is 14.7. The second-order valence-corrected chi connectivity index (χ2v) is 7.05. The summed E-state index contributed by atoms with van der Waals surface area (Å²) in [6, 6.07) is 0. The molecule has 0 spiro atoms. The molecule has 1 aliphatic heterocycles. The van der Waals surface area contributed by atoms with Crippen LogP contribution in [-0.2, 0) is 15.0 Å². The Hall–Kier alpha value is -0.700. The first-order chi connectivity index (χ1) is 8.64. The van der Waals surface area contributed by atoms with Crippen LogP contribution in [0.15, 0.2) is 0 Å². The van der Waals surface area contributed by atoms with Gasteiger partial charge < -0.3 is 5.32 Å². The van der Waals surface area contributed by atoms with Gasteiger partial charge in [-0.2, -0.15) is 12.7 Å². The van der Waals surface area contributed by atoms with E-state index in [1.54, 1.807) is 0 Å².